The molecule has 0 amide bonds. The van der Waals surface area contributed by atoms with Crippen molar-refractivity contribution >= 4 is 23.4 Å². The molecule has 108 valence electrons. The average Bonchev–Trinajstić information content (AvgIpc) is 2.85. The van der Waals surface area contributed by atoms with Crippen LogP contribution in [0.5, 0.6) is 0 Å². The van der Waals surface area contributed by atoms with Gasteiger partial charge in [0.2, 0.25) is 5.89 Å². The lowest BCUT2D eigenvalue weighted by Gasteiger charge is -2.13. The Morgan fingerprint density at radius 1 is 1.45 bits per heavy atom. The lowest BCUT2D eigenvalue weighted by Crippen LogP contribution is -2.24. The minimum Gasteiger partial charge on any atom is -0.339 e. The first-order valence-electron chi connectivity index (χ1n) is 6.56. The van der Waals surface area contributed by atoms with Crippen LogP contribution in [0, 0.1) is 0 Å². The number of rotatable bonds is 6. The highest BCUT2D eigenvalue weighted by Crippen LogP contribution is 2.26. The Kier molecular flexibility index (Phi) is 5.46. The van der Waals surface area contributed by atoms with Crippen molar-refractivity contribution in [3.63, 3.8) is 0 Å². The summed E-state index contributed by atoms with van der Waals surface area (Å²) < 4.78 is 5.31. The summed E-state index contributed by atoms with van der Waals surface area (Å²) in [6.45, 7) is 4.03. The van der Waals surface area contributed by atoms with Crippen LogP contribution in [0.4, 0.5) is 0 Å². The molecule has 0 saturated heterocycles. The maximum Gasteiger partial charge on any atom is 0.231 e. The number of halogens is 1. The Morgan fingerprint density at radius 2 is 2.25 bits per heavy atom. The largest absolute Gasteiger partial charge is 0.339 e. The second kappa shape index (κ2) is 7.11. The van der Waals surface area contributed by atoms with Crippen LogP contribution in [0.2, 0.25) is 5.02 Å². The first kappa shape index (κ1) is 15.4. The molecule has 0 saturated carbocycles. The maximum absolute atomic E-state index is 5.95. The lowest BCUT2D eigenvalue weighted by atomic mass is 9.99. The summed E-state index contributed by atoms with van der Waals surface area (Å²) in [5.74, 6) is 2.08. The van der Waals surface area contributed by atoms with Gasteiger partial charge in [-0.2, -0.15) is 4.98 Å². The summed E-state index contributed by atoms with van der Waals surface area (Å²) in [6.07, 6.45) is 0.890. The van der Waals surface area contributed by atoms with Gasteiger partial charge in [-0.05, 0) is 31.5 Å². The fourth-order valence-corrected chi connectivity index (χ4v) is 3.01. The Hall–Kier alpha value is -1.04. The minimum atomic E-state index is 0.00823. The third-order valence-corrected chi connectivity index (χ3v) is 4.26. The zero-order valence-corrected chi connectivity index (χ0v) is 13.1. The number of hydrogen-bond acceptors (Lipinski definition) is 5. The second-order valence-corrected chi connectivity index (χ2v) is 6.15. The molecule has 6 heteroatoms. The molecule has 2 atom stereocenters. The van der Waals surface area contributed by atoms with E-state index in [0.29, 0.717) is 17.5 Å². The van der Waals surface area contributed by atoms with Crippen molar-refractivity contribution in [3.8, 4) is 0 Å². The van der Waals surface area contributed by atoms with Crippen LogP contribution in [0.25, 0.3) is 0 Å². The van der Waals surface area contributed by atoms with Crippen LogP contribution in [-0.2, 0) is 5.75 Å². The van der Waals surface area contributed by atoms with E-state index >= 15 is 0 Å². The summed E-state index contributed by atoms with van der Waals surface area (Å²) in [5, 5.41) is 4.74. The van der Waals surface area contributed by atoms with Crippen LogP contribution in [-0.4, -0.2) is 16.2 Å². The van der Waals surface area contributed by atoms with E-state index in [9.17, 15) is 0 Å². The normalized spacial score (nSPS) is 14.2. The summed E-state index contributed by atoms with van der Waals surface area (Å²) in [6, 6.07) is 7.72. The predicted molar refractivity (Wildman–Crippen MR) is 82.0 cm³/mol. The van der Waals surface area contributed by atoms with Crippen LogP contribution < -0.4 is 5.73 Å². The SMILES string of the molecule is CCC(c1nc(CSc2cccc(Cl)c2)no1)C(C)N. The van der Waals surface area contributed by atoms with Crippen LogP contribution >= 0.6 is 23.4 Å². The maximum atomic E-state index is 5.95. The van der Waals surface area contributed by atoms with Crippen molar-refractivity contribution in [3.05, 3.63) is 41.0 Å². The molecule has 0 bridgehead atoms. The standard InChI is InChI=1S/C14H18ClN3OS/c1-3-12(9(2)16)14-17-13(18-19-14)8-20-11-6-4-5-10(15)7-11/h4-7,9,12H,3,8,16H2,1-2H3. The van der Waals surface area contributed by atoms with E-state index in [1.54, 1.807) is 11.8 Å². The molecule has 2 aromatic rings. The number of nitrogens with two attached hydrogens (primary N) is 1. The van der Waals surface area contributed by atoms with Gasteiger partial charge in [0.1, 0.15) is 0 Å². The molecule has 0 radical (unpaired) electrons. The zero-order chi connectivity index (χ0) is 14.5. The van der Waals surface area contributed by atoms with Gasteiger partial charge in [-0.3, -0.25) is 0 Å². The van der Waals surface area contributed by atoms with Crippen molar-refractivity contribution < 1.29 is 4.52 Å². The summed E-state index contributed by atoms with van der Waals surface area (Å²) >= 11 is 7.58. The van der Waals surface area contributed by atoms with E-state index in [-0.39, 0.29) is 12.0 Å². The van der Waals surface area contributed by atoms with Crippen molar-refractivity contribution in [2.75, 3.05) is 0 Å². The highest BCUT2D eigenvalue weighted by atomic mass is 35.5. The number of benzene rings is 1. The molecule has 1 heterocycles. The topological polar surface area (TPSA) is 64.9 Å². The van der Waals surface area contributed by atoms with Gasteiger partial charge in [0.05, 0.1) is 11.7 Å². The Balaban J connectivity index is 1.99. The number of thioether (sulfide) groups is 1. The van der Waals surface area contributed by atoms with Gasteiger partial charge in [-0.15, -0.1) is 11.8 Å². The molecule has 1 aromatic carbocycles. The second-order valence-electron chi connectivity index (χ2n) is 4.67. The van der Waals surface area contributed by atoms with Crippen molar-refractivity contribution in [2.24, 2.45) is 5.73 Å². The van der Waals surface area contributed by atoms with Gasteiger partial charge in [-0.1, -0.05) is 29.7 Å². The van der Waals surface area contributed by atoms with E-state index < -0.39 is 0 Å². The molecule has 0 aliphatic carbocycles. The molecule has 4 nitrogen and oxygen atoms in total. The van der Waals surface area contributed by atoms with Gasteiger partial charge in [0.25, 0.3) is 0 Å². The number of aromatic nitrogens is 2. The molecular weight excluding hydrogens is 294 g/mol. The van der Waals surface area contributed by atoms with E-state index in [1.807, 2.05) is 31.2 Å². The molecule has 20 heavy (non-hydrogen) atoms. The Labute approximate surface area is 128 Å². The van der Waals surface area contributed by atoms with Crippen LogP contribution in [0.3, 0.4) is 0 Å². The van der Waals surface area contributed by atoms with Gasteiger partial charge in [0, 0.05) is 16.0 Å². The fourth-order valence-electron chi connectivity index (χ4n) is 1.95. The molecule has 0 spiro atoms. The van der Waals surface area contributed by atoms with Crippen molar-refractivity contribution in [2.45, 2.75) is 42.9 Å². The quantitative estimate of drug-likeness (QED) is 0.821. The highest BCUT2D eigenvalue weighted by Gasteiger charge is 2.20. The molecule has 0 aliphatic heterocycles. The Morgan fingerprint density at radius 3 is 2.90 bits per heavy atom. The van der Waals surface area contributed by atoms with Crippen LogP contribution in [0.1, 0.15) is 37.9 Å². The first-order chi connectivity index (χ1) is 9.60. The molecular formula is C14H18ClN3OS. The molecule has 2 rings (SSSR count). The van der Waals surface area contributed by atoms with E-state index in [0.717, 1.165) is 16.3 Å². The number of hydrogen-bond donors (Lipinski definition) is 1. The lowest BCUT2D eigenvalue weighted by molar-refractivity contribution is 0.331. The summed E-state index contributed by atoms with van der Waals surface area (Å²) in [4.78, 5) is 5.51. The molecule has 2 unspecified atom stereocenters. The fraction of sp³-hybridized carbons (Fsp3) is 0.429. The van der Waals surface area contributed by atoms with Gasteiger partial charge in [-0.25, -0.2) is 0 Å². The molecule has 0 fully saturated rings. The smallest absolute Gasteiger partial charge is 0.231 e. The predicted octanol–water partition coefficient (Wildman–Crippen LogP) is 3.86. The third kappa shape index (κ3) is 3.98. The Bertz CT molecular complexity index is 559. The van der Waals surface area contributed by atoms with E-state index in [1.165, 1.54) is 0 Å². The molecule has 0 aliphatic rings. The van der Waals surface area contributed by atoms with E-state index in [4.69, 9.17) is 21.9 Å². The van der Waals surface area contributed by atoms with Crippen LogP contribution in [0.15, 0.2) is 33.7 Å². The van der Waals surface area contributed by atoms with Gasteiger partial charge >= 0.3 is 0 Å². The van der Waals surface area contributed by atoms with Crippen molar-refractivity contribution in [1.82, 2.24) is 10.1 Å². The number of nitrogens with zero attached hydrogens (tertiary/aromatic N) is 2. The molecule has 2 N–H and O–H groups in total. The first-order valence-corrected chi connectivity index (χ1v) is 7.93. The van der Waals surface area contributed by atoms with Gasteiger partial charge < -0.3 is 10.3 Å². The third-order valence-electron chi connectivity index (χ3n) is 3.04. The van der Waals surface area contributed by atoms with E-state index in [2.05, 4.69) is 17.1 Å². The zero-order valence-electron chi connectivity index (χ0n) is 11.5. The van der Waals surface area contributed by atoms with Gasteiger partial charge in [0.15, 0.2) is 5.82 Å². The highest BCUT2D eigenvalue weighted by molar-refractivity contribution is 7.98. The van der Waals surface area contributed by atoms with Crippen molar-refractivity contribution in [1.29, 1.82) is 0 Å². The minimum absolute atomic E-state index is 0.00823. The monoisotopic (exact) mass is 311 g/mol. The average molecular weight is 312 g/mol. The summed E-state index contributed by atoms with van der Waals surface area (Å²) in [7, 11) is 0. The molecule has 1 aromatic heterocycles. The summed E-state index contributed by atoms with van der Waals surface area (Å²) in [5.41, 5.74) is 5.92.